The third kappa shape index (κ3) is 5.39. The molecule has 3 aromatic rings. The van der Waals surface area contributed by atoms with E-state index in [1.165, 1.54) is 30.4 Å². The Morgan fingerprint density at radius 3 is 2.00 bits per heavy atom. The van der Waals surface area contributed by atoms with Gasteiger partial charge in [0, 0.05) is 18.2 Å². The number of rotatable bonds is 6. The molecular formula is C23H19N3O4. The molecule has 7 heteroatoms. The summed E-state index contributed by atoms with van der Waals surface area (Å²) in [6.07, 6.45) is 2.62. The minimum Gasteiger partial charge on any atom is -0.272 e. The highest BCUT2D eigenvalue weighted by atomic mass is 16.6. The van der Waals surface area contributed by atoms with Crippen LogP contribution in [0.5, 0.6) is 0 Å². The van der Waals surface area contributed by atoms with Crippen LogP contribution in [0.15, 0.2) is 91.0 Å². The number of amides is 2. The van der Waals surface area contributed by atoms with E-state index in [-0.39, 0.29) is 11.6 Å². The van der Waals surface area contributed by atoms with Crippen molar-refractivity contribution >= 4 is 23.6 Å². The average molecular weight is 401 g/mol. The largest absolute Gasteiger partial charge is 0.272 e. The maximum absolute atomic E-state index is 12.8. The lowest BCUT2D eigenvalue weighted by Crippen LogP contribution is -2.43. The predicted molar refractivity (Wildman–Crippen MR) is 113 cm³/mol. The zero-order chi connectivity index (χ0) is 21.3. The number of hydrogen-bond donors (Lipinski definition) is 2. The third-order valence-electron chi connectivity index (χ3n) is 4.35. The van der Waals surface area contributed by atoms with Gasteiger partial charge in [0.05, 0.1) is 10.8 Å². The minimum absolute atomic E-state index is 0.0700. The Morgan fingerprint density at radius 1 is 0.833 bits per heavy atom. The molecular weight excluding hydrogens is 382 g/mol. The lowest BCUT2D eigenvalue weighted by Gasteiger charge is -2.17. The van der Waals surface area contributed by atoms with Crippen molar-refractivity contribution < 1.29 is 14.5 Å². The maximum atomic E-state index is 12.8. The Morgan fingerprint density at radius 2 is 1.43 bits per heavy atom. The molecule has 30 heavy (non-hydrogen) atoms. The molecule has 0 aliphatic carbocycles. The average Bonchev–Trinajstić information content (AvgIpc) is 2.78. The predicted octanol–water partition coefficient (Wildman–Crippen LogP) is 3.59. The van der Waals surface area contributed by atoms with Crippen molar-refractivity contribution in [2.45, 2.75) is 5.92 Å². The van der Waals surface area contributed by atoms with Crippen LogP contribution < -0.4 is 10.9 Å². The van der Waals surface area contributed by atoms with E-state index >= 15 is 0 Å². The Bertz CT molecular complexity index is 1030. The van der Waals surface area contributed by atoms with Gasteiger partial charge < -0.3 is 0 Å². The van der Waals surface area contributed by atoms with Gasteiger partial charge in [0.2, 0.25) is 5.91 Å². The number of nitrogens with one attached hydrogen (secondary N) is 2. The number of carbonyl (C=O) groups excluding carboxylic acids is 2. The molecule has 2 N–H and O–H groups in total. The lowest BCUT2D eigenvalue weighted by molar-refractivity contribution is -0.384. The van der Waals surface area contributed by atoms with Crippen LogP contribution >= 0.6 is 0 Å². The van der Waals surface area contributed by atoms with Crippen molar-refractivity contribution in [3.63, 3.8) is 0 Å². The van der Waals surface area contributed by atoms with Crippen LogP contribution in [0.4, 0.5) is 5.69 Å². The topological polar surface area (TPSA) is 101 Å². The van der Waals surface area contributed by atoms with Crippen LogP contribution in [0.3, 0.4) is 0 Å². The van der Waals surface area contributed by atoms with Crippen LogP contribution in [0.25, 0.3) is 6.08 Å². The molecule has 0 aromatic heterocycles. The molecule has 3 aromatic carbocycles. The zero-order valence-electron chi connectivity index (χ0n) is 15.9. The van der Waals surface area contributed by atoms with Gasteiger partial charge in [-0.05, 0) is 22.8 Å². The Balaban J connectivity index is 1.67. The van der Waals surface area contributed by atoms with E-state index in [0.29, 0.717) is 5.56 Å². The third-order valence-corrected chi connectivity index (χ3v) is 4.35. The number of carbonyl (C=O) groups is 2. The van der Waals surface area contributed by atoms with Crippen LogP contribution in [-0.2, 0) is 9.59 Å². The Hall–Kier alpha value is -4.26. The minimum atomic E-state index is -0.589. The highest BCUT2D eigenvalue weighted by Gasteiger charge is 2.22. The summed E-state index contributed by atoms with van der Waals surface area (Å²) in [4.78, 5) is 35.2. The first-order valence-electron chi connectivity index (χ1n) is 9.17. The highest BCUT2D eigenvalue weighted by Crippen LogP contribution is 2.24. The highest BCUT2D eigenvalue weighted by molar-refractivity contribution is 5.94. The van der Waals surface area contributed by atoms with E-state index in [2.05, 4.69) is 10.9 Å². The molecule has 0 fully saturated rings. The van der Waals surface area contributed by atoms with Gasteiger partial charge >= 0.3 is 0 Å². The second-order valence-electron chi connectivity index (χ2n) is 6.42. The lowest BCUT2D eigenvalue weighted by atomic mass is 9.91. The molecule has 0 aliphatic heterocycles. The van der Waals surface area contributed by atoms with Crippen LogP contribution in [0.2, 0.25) is 0 Å². The second kappa shape index (κ2) is 9.79. The molecule has 0 saturated heterocycles. The van der Waals surface area contributed by atoms with E-state index in [1.54, 1.807) is 6.07 Å². The Kier molecular flexibility index (Phi) is 6.68. The first-order valence-corrected chi connectivity index (χ1v) is 9.17. The van der Waals surface area contributed by atoms with Crippen molar-refractivity contribution in [3.8, 4) is 0 Å². The van der Waals surface area contributed by atoms with E-state index in [0.717, 1.165) is 11.1 Å². The molecule has 3 rings (SSSR count). The zero-order valence-corrected chi connectivity index (χ0v) is 15.9. The van der Waals surface area contributed by atoms with Gasteiger partial charge in [0.1, 0.15) is 0 Å². The van der Waals surface area contributed by atoms with Gasteiger partial charge in [-0.2, -0.15) is 0 Å². The van der Waals surface area contributed by atoms with Crippen molar-refractivity contribution in [1.29, 1.82) is 0 Å². The van der Waals surface area contributed by atoms with Crippen molar-refractivity contribution in [2.75, 3.05) is 0 Å². The molecule has 0 unspecified atom stereocenters. The number of nitro groups is 1. The van der Waals surface area contributed by atoms with Gasteiger partial charge in [-0.3, -0.25) is 30.6 Å². The van der Waals surface area contributed by atoms with Gasteiger partial charge in [0.25, 0.3) is 11.6 Å². The number of hydrazine groups is 1. The quantitative estimate of drug-likeness (QED) is 0.374. The van der Waals surface area contributed by atoms with Crippen molar-refractivity contribution in [2.24, 2.45) is 0 Å². The molecule has 0 saturated carbocycles. The summed E-state index contributed by atoms with van der Waals surface area (Å²) < 4.78 is 0. The first-order chi connectivity index (χ1) is 14.5. The maximum Gasteiger partial charge on any atom is 0.270 e. The molecule has 0 spiro atoms. The van der Waals surface area contributed by atoms with Crippen molar-refractivity contribution in [3.05, 3.63) is 118 Å². The summed E-state index contributed by atoms with van der Waals surface area (Å²) >= 11 is 0. The molecule has 0 heterocycles. The van der Waals surface area contributed by atoms with E-state index in [9.17, 15) is 19.7 Å². The molecule has 0 bridgehead atoms. The number of non-ortho nitro benzene ring substituents is 1. The second-order valence-corrected chi connectivity index (χ2v) is 6.42. The Labute approximate surface area is 173 Å². The monoisotopic (exact) mass is 401 g/mol. The normalized spacial score (nSPS) is 10.7. The number of nitrogens with zero attached hydrogens (tertiary/aromatic N) is 1. The van der Waals surface area contributed by atoms with Gasteiger partial charge in [-0.15, -0.1) is 0 Å². The van der Waals surface area contributed by atoms with Crippen LogP contribution in [0, 0.1) is 10.1 Å². The van der Waals surface area contributed by atoms with Crippen LogP contribution in [-0.4, -0.2) is 16.7 Å². The standard InChI is InChI=1S/C23H19N3O4/c27-21(15-14-17-8-7-13-20(16-17)26(29)30)24-25-23(28)22(18-9-3-1-4-10-18)19-11-5-2-6-12-19/h1-16,22H,(H,24,27)(H,25,28)/b15-14+. The SMILES string of the molecule is O=C(/C=C/c1cccc([N+](=O)[O-])c1)NNC(=O)C(c1ccccc1)c1ccccc1. The molecule has 0 radical (unpaired) electrons. The molecule has 7 nitrogen and oxygen atoms in total. The van der Waals surface area contributed by atoms with Gasteiger partial charge in [-0.1, -0.05) is 72.8 Å². The van der Waals surface area contributed by atoms with Crippen LogP contribution in [0.1, 0.15) is 22.6 Å². The summed E-state index contributed by atoms with van der Waals surface area (Å²) in [6, 6.07) is 24.4. The van der Waals surface area contributed by atoms with Gasteiger partial charge in [0.15, 0.2) is 0 Å². The number of nitro benzene ring substituents is 1. The summed E-state index contributed by atoms with van der Waals surface area (Å²) in [5, 5.41) is 10.8. The van der Waals surface area contributed by atoms with Gasteiger partial charge in [-0.25, -0.2) is 0 Å². The molecule has 150 valence electrons. The fraction of sp³-hybridized carbons (Fsp3) is 0.0435. The fourth-order valence-electron chi connectivity index (χ4n) is 2.94. The number of benzene rings is 3. The summed E-state index contributed by atoms with van der Waals surface area (Å²) in [7, 11) is 0. The molecule has 0 atom stereocenters. The molecule has 2 amide bonds. The summed E-state index contributed by atoms with van der Waals surface area (Å²) in [5.41, 5.74) is 6.81. The number of hydrogen-bond acceptors (Lipinski definition) is 4. The molecule has 0 aliphatic rings. The van der Waals surface area contributed by atoms with E-state index < -0.39 is 16.7 Å². The smallest absolute Gasteiger partial charge is 0.270 e. The van der Waals surface area contributed by atoms with E-state index in [1.807, 2.05) is 60.7 Å². The van der Waals surface area contributed by atoms with E-state index in [4.69, 9.17) is 0 Å². The fourth-order valence-corrected chi connectivity index (χ4v) is 2.94. The van der Waals surface area contributed by atoms with Crippen molar-refractivity contribution in [1.82, 2.24) is 10.9 Å². The first kappa shape index (κ1) is 20.5. The summed E-state index contributed by atoms with van der Waals surface area (Å²) in [6.45, 7) is 0. The summed E-state index contributed by atoms with van der Waals surface area (Å²) in [5.74, 6) is -1.53.